The zero-order valence-electron chi connectivity index (χ0n) is 4.42. The standard InChI is InChI=1S/C4H3NO2.Na/c5-1-4(2-6)3-7;/h2-3,6H;/q;+1/p-1/b4-2+;. The van der Waals surface area contributed by atoms with Crippen molar-refractivity contribution in [1.82, 2.24) is 0 Å². The van der Waals surface area contributed by atoms with Gasteiger partial charge in [-0.1, -0.05) is 0 Å². The summed E-state index contributed by atoms with van der Waals surface area (Å²) in [6.45, 7) is 0. The van der Waals surface area contributed by atoms with Gasteiger partial charge in [0.2, 0.25) is 0 Å². The van der Waals surface area contributed by atoms with Crippen molar-refractivity contribution in [1.29, 1.82) is 5.26 Å². The van der Waals surface area contributed by atoms with Gasteiger partial charge in [0.15, 0.2) is 6.29 Å². The van der Waals surface area contributed by atoms with E-state index in [2.05, 4.69) is 0 Å². The van der Waals surface area contributed by atoms with Crippen molar-refractivity contribution in [2.75, 3.05) is 0 Å². The summed E-state index contributed by atoms with van der Waals surface area (Å²) in [6.07, 6.45) is 0.431. The fourth-order valence-corrected chi connectivity index (χ4v) is 0.0805. The Bertz CT molecular complexity index is 135. The summed E-state index contributed by atoms with van der Waals surface area (Å²) in [6, 6.07) is 1.38. The van der Waals surface area contributed by atoms with Crippen LogP contribution in [0.25, 0.3) is 0 Å². The topological polar surface area (TPSA) is 63.9 Å². The van der Waals surface area contributed by atoms with Crippen LogP contribution in [0.4, 0.5) is 0 Å². The number of aldehydes is 1. The molecule has 0 rings (SSSR count). The molecule has 0 saturated heterocycles. The summed E-state index contributed by atoms with van der Waals surface area (Å²) < 4.78 is 0. The van der Waals surface area contributed by atoms with E-state index in [0.717, 1.165) is 0 Å². The van der Waals surface area contributed by atoms with E-state index in [-0.39, 0.29) is 47.7 Å². The number of allylic oxidation sites excluding steroid dienone is 1. The van der Waals surface area contributed by atoms with E-state index in [4.69, 9.17) is 5.26 Å². The van der Waals surface area contributed by atoms with Crippen LogP contribution in [0, 0.1) is 11.3 Å². The van der Waals surface area contributed by atoms with Crippen molar-refractivity contribution in [3.8, 4) is 6.07 Å². The Morgan fingerprint density at radius 3 is 2.25 bits per heavy atom. The molecule has 0 aliphatic rings. The van der Waals surface area contributed by atoms with Gasteiger partial charge in [-0.15, -0.1) is 6.26 Å². The summed E-state index contributed by atoms with van der Waals surface area (Å²) in [5, 5.41) is 17.3. The molecule has 0 spiro atoms. The Balaban J connectivity index is 0. The van der Waals surface area contributed by atoms with Crippen LogP contribution in [0.5, 0.6) is 0 Å². The average Bonchev–Trinajstić information content (AvgIpc) is 1.72. The van der Waals surface area contributed by atoms with Gasteiger partial charge in [-0.2, -0.15) is 5.26 Å². The van der Waals surface area contributed by atoms with Gasteiger partial charge in [-0.3, -0.25) is 4.79 Å². The van der Waals surface area contributed by atoms with Crippen molar-refractivity contribution in [2.45, 2.75) is 0 Å². The van der Waals surface area contributed by atoms with Crippen LogP contribution in [0.2, 0.25) is 0 Å². The van der Waals surface area contributed by atoms with Crippen molar-refractivity contribution in [3.63, 3.8) is 0 Å². The summed E-state index contributed by atoms with van der Waals surface area (Å²) in [5.41, 5.74) is -0.375. The fourth-order valence-electron chi connectivity index (χ4n) is 0.0805. The van der Waals surface area contributed by atoms with Crippen molar-refractivity contribution in [2.24, 2.45) is 0 Å². The second-order valence-electron chi connectivity index (χ2n) is 0.803. The third kappa shape index (κ3) is 3.88. The molecule has 0 aliphatic heterocycles. The zero-order valence-corrected chi connectivity index (χ0v) is 6.42. The minimum atomic E-state index is -0.375. The molecule has 0 aromatic heterocycles. The molecule has 0 unspecified atom stereocenters. The third-order valence-corrected chi connectivity index (χ3v) is 0.383. The smallest absolute Gasteiger partial charge is 0.877 e. The second kappa shape index (κ2) is 6.70. The van der Waals surface area contributed by atoms with Gasteiger partial charge in [-0.05, 0) is 0 Å². The Labute approximate surface area is 68.9 Å². The third-order valence-electron chi connectivity index (χ3n) is 0.383. The van der Waals surface area contributed by atoms with E-state index >= 15 is 0 Å². The molecule has 0 aromatic rings. The van der Waals surface area contributed by atoms with Crippen molar-refractivity contribution in [3.05, 3.63) is 11.8 Å². The number of rotatable bonds is 1. The minimum absolute atomic E-state index is 0. The number of carbonyl (C=O) groups is 1. The average molecular weight is 119 g/mol. The molecule has 0 saturated carbocycles. The SMILES string of the molecule is N#C/C(C=O)=C\[O-].[Na+]. The Morgan fingerprint density at radius 1 is 1.75 bits per heavy atom. The summed E-state index contributed by atoms with van der Waals surface area (Å²) in [5.74, 6) is 0. The van der Waals surface area contributed by atoms with Crippen LogP contribution in [0.15, 0.2) is 11.8 Å². The maximum absolute atomic E-state index is 9.48. The molecule has 8 heavy (non-hydrogen) atoms. The zero-order chi connectivity index (χ0) is 5.70. The van der Waals surface area contributed by atoms with Gasteiger partial charge in [0.25, 0.3) is 0 Å². The minimum Gasteiger partial charge on any atom is -0.877 e. The van der Waals surface area contributed by atoms with Gasteiger partial charge < -0.3 is 5.11 Å². The Kier molecular flexibility index (Phi) is 8.91. The molecular weight excluding hydrogens is 117 g/mol. The van der Waals surface area contributed by atoms with Gasteiger partial charge in [0.1, 0.15) is 6.07 Å². The van der Waals surface area contributed by atoms with Gasteiger partial charge in [0.05, 0.1) is 5.57 Å². The molecule has 0 radical (unpaired) electrons. The molecule has 0 aliphatic carbocycles. The first-order valence-electron chi connectivity index (χ1n) is 1.52. The van der Waals surface area contributed by atoms with Gasteiger partial charge in [-0.25, -0.2) is 0 Å². The molecule has 0 amide bonds. The van der Waals surface area contributed by atoms with Crippen LogP contribution >= 0.6 is 0 Å². The quantitative estimate of drug-likeness (QED) is 0.116. The first kappa shape index (κ1) is 10.6. The molecule has 0 fully saturated rings. The molecule has 0 atom stereocenters. The summed E-state index contributed by atoms with van der Waals surface area (Å²) >= 11 is 0. The van der Waals surface area contributed by atoms with E-state index < -0.39 is 0 Å². The number of carbonyl (C=O) groups excluding carboxylic acids is 1. The van der Waals surface area contributed by atoms with E-state index in [9.17, 15) is 9.90 Å². The molecule has 0 bridgehead atoms. The Hall–Kier alpha value is -0.300. The van der Waals surface area contributed by atoms with Crippen LogP contribution in [-0.2, 0) is 4.79 Å². The van der Waals surface area contributed by atoms with Crippen LogP contribution in [-0.4, -0.2) is 6.29 Å². The monoisotopic (exact) mass is 119 g/mol. The fraction of sp³-hybridized carbons (Fsp3) is 0. The predicted molar refractivity (Wildman–Crippen MR) is 19.8 cm³/mol. The Morgan fingerprint density at radius 2 is 2.25 bits per heavy atom. The van der Waals surface area contributed by atoms with Crippen LogP contribution in [0.3, 0.4) is 0 Å². The van der Waals surface area contributed by atoms with Gasteiger partial charge in [0, 0.05) is 0 Å². The normalized spacial score (nSPS) is 8.62. The second-order valence-corrected chi connectivity index (χ2v) is 0.803. The van der Waals surface area contributed by atoms with Crippen LogP contribution < -0.4 is 34.7 Å². The maximum Gasteiger partial charge on any atom is 1.00 e. The largest absolute Gasteiger partial charge is 1.00 e. The molecule has 0 aromatic carbocycles. The van der Waals surface area contributed by atoms with Crippen molar-refractivity contribution < 1.29 is 39.5 Å². The molecule has 36 valence electrons. The molecule has 0 N–H and O–H groups in total. The molecule has 3 nitrogen and oxygen atoms in total. The maximum atomic E-state index is 9.48. The van der Waals surface area contributed by atoms with E-state index in [1.165, 1.54) is 6.07 Å². The van der Waals surface area contributed by atoms with E-state index in [0.29, 0.717) is 0 Å². The number of hydrogen-bond acceptors (Lipinski definition) is 3. The molecule has 0 heterocycles. The molecule has 4 heteroatoms. The molecular formula is C4H2NNaO2. The first-order chi connectivity index (χ1) is 3.35. The summed E-state index contributed by atoms with van der Waals surface area (Å²) in [7, 11) is 0. The first-order valence-corrected chi connectivity index (χ1v) is 1.52. The van der Waals surface area contributed by atoms with Crippen LogP contribution in [0.1, 0.15) is 0 Å². The van der Waals surface area contributed by atoms with E-state index in [1.54, 1.807) is 0 Å². The predicted octanol–water partition coefficient (Wildman–Crippen LogP) is -4.04. The number of nitrogens with zero attached hydrogens (tertiary/aromatic N) is 1. The van der Waals surface area contributed by atoms with E-state index in [1.807, 2.05) is 0 Å². The number of nitriles is 1. The van der Waals surface area contributed by atoms with Gasteiger partial charge >= 0.3 is 29.6 Å². The van der Waals surface area contributed by atoms with Crippen molar-refractivity contribution >= 4 is 6.29 Å². The number of hydrogen-bond donors (Lipinski definition) is 0. The summed E-state index contributed by atoms with van der Waals surface area (Å²) in [4.78, 5) is 9.48.